The Morgan fingerprint density at radius 3 is 2.82 bits per heavy atom. The maximum absolute atomic E-state index is 12.2. The molecule has 0 aliphatic carbocycles. The van der Waals surface area contributed by atoms with Gasteiger partial charge in [0.05, 0.1) is 6.04 Å². The molecule has 0 radical (unpaired) electrons. The molecule has 17 heavy (non-hydrogen) atoms. The van der Waals surface area contributed by atoms with Crippen LogP contribution in [-0.4, -0.2) is 36.5 Å². The van der Waals surface area contributed by atoms with E-state index in [1.54, 1.807) is 0 Å². The third kappa shape index (κ3) is 3.84. The minimum atomic E-state index is 0.0512. The molecule has 1 amide bonds. The van der Waals surface area contributed by atoms with E-state index in [-0.39, 0.29) is 18.0 Å². The Morgan fingerprint density at radius 1 is 1.59 bits per heavy atom. The lowest BCUT2D eigenvalue weighted by Gasteiger charge is -2.33. The van der Waals surface area contributed by atoms with Gasteiger partial charge in [-0.2, -0.15) is 0 Å². The third-order valence-corrected chi connectivity index (χ3v) is 3.89. The van der Waals surface area contributed by atoms with Gasteiger partial charge in [0, 0.05) is 6.04 Å². The molecule has 0 aromatic heterocycles. The first-order valence-electron chi connectivity index (χ1n) is 6.73. The molecule has 0 aromatic rings. The van der Waals surface area contributed by atoms with Gasteiger partial charge in [-0.05, 0) is 32.4 Å². The summed E-state index contributed by atoms with van der Waals surface area (Å²) < 4.78 is 0. The van der Waals surface area contributed by atoms with Crippen molar-refractivity contribution in [3.05, 3.63) is 12.7 Å². The van der Waals surface area contributed by atoms with Crippen LogP contribution in [0.3, 0.4) is 0 Å². The van der Waals surface area contributed by atoms with E-state index in [1.807, 2.05) is 13.1 Å². The van der Waals surface area contributed by atoms with E-state index < -0.39 is 0 Å². The summed E-state index contributed by atoms with van der Waals surface area (Å²) in [5, 5.41) is 3.12. The van der Waals surface area contributed by atoms with Gasteiger partial charge in [0.15, 0.2) is 0 Å². The van der Waals surface area contributed by atoms with Gasteiger partial charge in [0.2, 0.25) is 5.91 Å². The summed E-state index contributed by atoms with van der Waals surface area (Å²) in [6.07, 6.45) is 6.25. The fourth-order valence-electron chi connectivity index (χ4n) is 2.35. The van der Waals surface area contributed by atoms with Crippen LogP contribution >= 0.6 is 0 Å². The predicted molar refractivity (Wildman–Crippen MR) is 71.9 cm³/mol. The van der Waals surface area contributed by atoms with E-state index in [0.717, 1.165) is 25.8 Å². The van der Waals surface area contributed by atoms with Crippen molar-refractivity contribution in [2.75, 3.05) is 13.6 Å². The van der Waals surface area contributed by atoms with Gasteiger partial charge in [-0.15, -0.1) is 6.58 Å². The van der Waals surface area contributed by atoms with Gasteiger partial charge >= 0.3 is 0 Å². The van der Waals surface area contributed by atoms with Gasteiger partial charge in [-0.1, -0.05) is 32.8 Å². The van der Waals surface area contributed by atoms with Crippen molar-refractivity contribution in [1.29, 1.82) is 0 Å². The molecular formula is C14H26N2O. The molecule has 3 nitrogen and oxygen atoms in total. The standard InChI is InChI=1S/C14H26N2O/c1-5-11(3)12(6-2)15-14(17)13-9-7-8-10-16(13)4/h6,11-13H,2,5,7-10H2,1,3-4H3,(H,15,17). The predicted octanol–water partition coefficient (Wildman–Crippen LogP) is 2.19. The Balaban J connectivity index is 2.54. The summed E-state index contributed by atoms with van der Waals surface area (Å²) in [6.45, 7) is 9.14. The first kappa shape index (κ1) is 14.2. The van der Waals surface area contributed by atoms with Crippen LogP contribution < -0.4 is 5.32 Å². The third-order valence-electron chi connectivity index (χ3n) is 3.89. The monoisotopic (exact) mass is 238 g/mol. The normalized spacial score (nSPS) is 25.0. The van der Waals surface area contributed by atoms with Crippen molar-refractivity contribution < 1.29 is 4.79 Å². The van der Waals surface area contributed by atoms with Crippen molar-refractivity contribution >= 4 is 5.91 Å². The Kier molecular flexibility index (Phi) is 5.69. The number of nitrogens with zero attached hydrogens (tertiary/aromatic N) is 1. The number of likely N-dealkylation sites (tertiary alicyclic amines) is 1. The maximum atomic E-state index is 12.2. The second-order valence-corrected chi connectivity index (χ2v) is 5.15. The highest BCUT2D eigenvalue weighted by Crippen LogP contribution is 2.16. The van der Waals surface area contributed by atoms with Crippen molar-refractivity contribution in [2.45, 2.75) is 51.6 Å². The highest BCUT2D eigenvalue weighted by atomic mass is 16.2. The Hall–Kier alpha value is -0.830. The molecule has 0 spiro atoms. The van der Waals surface area contributed by atoms with E-state index in [9.17, 15) is 4.79 Å². The molecule has 0 saturated carbocycles. The average molecular weight is 238 g/mol. The number of amides is 1. The number of hydrogen-bond acceptors (Lipinski definition) is 2. The van der Waals surface area contributed by atoms with Crippen LogP contribution in [0, 0.1) is 5.92 Å². The molecule has 3 atom stereocenters. The van der Waals surface area contributed by atoms with Crippen molar-refractivity contribution in [2.24, 2.45) is 5.92 Å². The fraction of sp³-hybridized carbons (Fsp3) is 0.786. The van der Waals surface area contributed by atoms with Crippen LogP contribution in [0.1, 0.15) is 39.5 Å². The lowest BCUT2D eigenvalue weighted by atomic mass is 9.97. The molecule has 0 aromatic carbocycles. The minimum Gasteiger partial charge on any atom is -0.348 e. The summed E-state index contributed by atoms with van der Waals surface area (Å²) >= 11 is 0. The van der Waals surface area contributed by atoms with Crippen LogP contribution in [0.4, 0.5) is 0 Å². The van der Waals surface area contributed by atoms with E-state index in [4.69, 9.17) is 0 Å². The van der Waals surface area contributed by atoms with Crippen LogP contribution in [0.2, 0.25) is 0 Å². The first-order chi connectivity index (χ1) is 8.10. The lowest BCUT2D eigenvalue weighted by molar-refractivity contribution is -0.127. The van der Waals surface area contributed by atoms with Crippen LogP contribution in [0.5, 0.6) is 0 Å². The Bertz CT molecular complexity index is 265. The highest BCUT2D eigenvalue weighted by Gasteiger charge is 2.27. The minimum absolute atomic E-state index is 0.0512. The molecule has 1 rings (SSSR count). The zero-order valence-corrected chi connectivity index (χ0v) is 11.4. The SMILES string of the molecule is C=CC(NC(=O)C1CCCCN1C)C(C)CC. The van der Waals surface area contributed by atoms with Gasteiger partial charge in [0.1, 0.15) is 0 Å². The maximum Gasteiger partial charge on any atom is 0.237 e. The quantitative estimate of drug-likeness (QED) is 0.745. The van der Waals surface area contributed by atoms with E-state index >= 15 is 0 Å². The molecule has 3 heteroatoms. The Morgan fingerprint density at radius 2 is 2.29 bits per heavy atom. The summed E-state index contributed by atoms with van der Waals surface area (Å²) in [4.78, 5) is 14.4. The molecule has 0 bridgehead atoms. The molecule has 98 valence electrons. The number of piperidine rings is 1. The number of nitrogens with one attached hydrogen (secondary N) is 1. The first-order valence-corrected chi connectivity index (χ1v) is 6.73. The molecule has 1 heterocycles. The lowest BCUT2D eigenvalue weighted by Crippen LogP contribution is -2.51. The van der Waals surface area contributed by atoms with Gasteiger partial charge in [-0.3, -0.25) is 9.69 Å². The highest BCUT2D eigenvalue weighted by molar-refractivity contribution is 5.82. The molecule has 1 aliphatic rings. The number of hydrogen-bond donors (Lipinski definition) is 1. The molecule has 1 aliphatic heterocycles. The summed E-state index contributed by atoms with van der Waals surface area (Å²) in [5.41, 5.74) is 0. The number of rotatable bonds is 5. The number of likely N-dealkylation sites (N-methyl/N-ethyl adjacent to an activating group) is 1. The number of carbonyl (C=O) groups excluding carboxylic acids is 1. The average Bonchev–Trinajstić information content (AvgIpc) is 2.35. The van der Waals surface area contributed by atoms with E-state index in [2.05, 4.69) is 30.6 Å². The van der Waals surface area contributed by atoms with E-state index in [1.165, 1.54) is 6.42 Å². The summed E-state index contributed by atoms with van der Waals surface area (Å²) in [6, 6.07) is 0.151. The zero-order valence-electron chi connectivity index (χ0n) is 11.4. The largest absolute Gasteiger partial charge is 0.348 e. The van der Waals surface area contributed by atoms with Crippen molar-refractivity contribution in [3.63, 3.8) is 0 Å². The molecular weight excluding hydrogens is 212 g/mol. The molecule has 3 unspecified atom stereocenters. The second kappa shape index (κ2) is 6.80. The number of carbonyl (C=O) groups is 1. The summed E-state index contributed by atoms with van der Waals surface area (Å²) in [5.74, 6) is 0.614. The van der Waals surface area contributed by atoms with Crippen molar-refractivity contribution in [3.8, 4) is 0 Å². The van der Waals surface area contributed by atoms with Crippen LogP contribution in [-0.2, 0) is 4.79 Å². The van der Waals surface area contributed by atoms with Crippen LogP contribution in [0.15, 0.2) is 12.7 Å². The topological polar surface area (TPSA) is 32.3 Å². The van der Waals surface area contributed by atoms with Crippen LogP contribution in [0.25, 0.3) is 0 Å². The van der Waals surface area contributed by atoms with E-state index in [0.29, 0.717) is 5.92 Å². The molecule has 1 N–H and O–H groups in total. The van der Waals surface area contributed by atoms with Gasteiger partial charge < -0.3 is 5.32 Å². The molecule has 1 saturated heterocycles. The molecule has 1 fully saturated rings. The summed E-state index contributed by atoms with van der Waals surface area (Å²) in [7, 11) is 2.04. The van der Waals surface area contributed by atoms with Gasteiger partial charge in [-0.25, -0.2) is 0 Å². The zero-order chi connectivity index (χ0) is 12.8. The fourth-order valence-corrected chi connectivity index (χ4v) is 2.35. The van der Waals surface area contributed by atoms with Gasteiger partial charge in [0.25, 0.3) is 0 Å². The smallest absolute Gasteiger partial charge is 0.237 e. The Labute approximate surface area is 105 Å². The second-order valence-electron chi connectivity index (χ2n) is 5.15. The van der Waals surface area contributed by atoms with Crippen molar-refractivity contribution in [1.82, 2.24) is 10.2 Å².